The van der Waals surface area contributed by atoms with E-state index < -0.39 is 5.97 Å². The van der Waals surface area contributed by atoms with Gasteiger partial charge in [-0.1, -0.05) is 24.3 Å². The van der Waals surface area contributed by atoms with Crippen LogP contribution in [0.1, 0.15) is 23.6 Å². The van der Waals surface area contributed by atoms with Crippen molar-refractivity contribution < 1.29 is 14.7 Å². The van der Waals surface area contributed by atoms with Gasteiger partial charge in [0.05, 0.1) is 11.5 Å². The van der Waals surface area contributed by atoms with Crippen molar-refractivity contribution in [2.45, 2.75) is 25.4 Å². The highest BCUT2D eigenvalue weighted by Crippen LogP contribution is 2.36. The molecule has 3 heterocycles. The quantitative estimate of drug-likeness (QED) is 0.690. The Labute approximate surface area is 192 Å². The molecule has 0 spiro atoms. The summed E-state index contributed by atoms with van der Waals surface area (Å²) in [4.78, 5) is 40.8. The number of pyridine rings is 1. The number of amides is 1. The number of hydrogen-bond acceptors (Lipinski definition) is 5. The summed E-state index contributed by atoms with van der Waals surface area (Å²) in [5.41, 5.74) is 3.87. The lowest BCUT2D eigenvalue weighted by molar-refractivity contribution is -0.133. The lowest BCUT2D eigenvalue weighted by Gasteiger charge is -2.43. The Kier molecular flexibility index (Phi) is 6.71. The fourth-order valence-electron chi connectivity index (χ4n) is 4.93. The van der Waals surface area contributed by atoms with Crippen molar-refractivity contribution in [2.75, 3.05) is 38.7 Å². The van der Waals surface area contributed by atoms with Gasteiger partial charge in [-0.3, -0.25) is 14.4 Å². The third kappa shape index (κ3) is 4.76. The number of likely N-dealkylation sites (tertiary alicyclic amines) is 1. The van der Waals surface area contributed by atoms with Crippen molar-refractivity contribution >= 4 is 23.6 Å². The number of aromatic nitrogens is 1. The van der Waals surface area contributed by atoms with Gasteiger partial charge < -0.3 is 19.5 Å². The van der Waals surface area contributed by atoms with Crippen LogP contribution >= 0.6 is 11.8 Å². The Hall–Kier alpha value is -2.58. The first kappa shape index (κ1) is 22.6. The fraction of sp³-hybridized carbons (Fsp3) is 0.458. The Morgan fingerprint density at radius 3 is 2.59 bits per heavy atom. The number of nitrogens with zero attached hydrogens (tertiary/aromatic N) is 3. The van der Waals surface area contributed by atoms with E-state index in [0.717, 1.165) is 47.1 Å². The summed E-state index contributed by atoms with van der Waals surface area (Å²) in [6.45, 7) is 2.58. The third-order valence-corrected chi connectivity index (χ3v) is 7.10. The van der Waals surface area contributed by atoms with Crippen molar-refractivity contribution in [3.05, 3.63) is 58.0 Å². The molecule has 170 valence electrons. The average Bonchev–Trinajstić information content (AvgIpc) is 2.74. The summed E-state index contributed by atoms with van der Waals surface area (Å²) >= 11 is 1.13. The molecule has 1 amide bonds. The van der Waals surface area contributed by atoms with Crippen LogP contribution in [0.3, 0.4) is 0 Å². The number of rotatable bonds is 7. The van der Waals surface area contributed by atoms with Crippen LogP contribution in [0.2, 0.25) is 0 Å². The fourth-order valence-corrected chi connectivity index (χ4v) is 5.57. The lowest BCUT2D eigenvalue weighted by atomic mass is 9.82. The second-order valence-corrected chi connectivity index (χ2v) is 9.95. The summed E-state index contributed by atoms with van der Waals surface area (Å²) in [6, 6.07) is 12.0. The first-order valence-electron chi connectivity index (χ1n) is 10.9. The van der Waals surface area contributed by atoms with Crippen LogP contribution < -0.4 is 5.56 Å². The SMILES string of the molecule is CN(C)Cc1ccccc1-c1ccc2n(c1=O)CC1CC2CN(C(=O)CSCC(=O)O)C1. The van der Waals surface area contributed by atoms with E-state index in [0.29, 0.717) is 19.6 Å². The minimum absolute atomic E-state index is 0.0176. The predicted molar refractivity (Wildman–Crippen MR) is 126 cm³/mol. The van der Waals surface area contributed by atoms with Crippen LogP contribution in [0, 0.1) is 5.92 Å². The van der Waals surface area contributed by atoms with E-state index in [2.05, 4.69) is 17.0 Å². The Morgan fingerprint density at radius 2 is 1.84 bits per heavy atom. The number of hydrogen-bond donors (Lipinski definition) is 1. The van der Waals surface area contributed by atoms with Gasteiger partial charge in [0.1, 0.15) is 0 Å². The summed E-state index contributed by atoms with van der Waals surface area (Å²) in [5.74, 6) is -0.442. The normalized spacial score (nSPS) is 19.7. The molecule has 2 unspecified atom stereocenters. The van der Waals surface area contributed by atoms with Crippen molar-refractivity contribution in [1.29, 1.82) is 0 Å². The number of aliphatic carboxylic acids is 1. The molecule has 0 aliphatic carbocycles. The topological polar surface area (TPSA) is 82.9 Å². The van der Waals surface area contributed by atoms with E-state index in [1.165, 1.54) is 0 Å². The van der Waals surface area contributed by atoms with Gasteiger partial charge in [0.2, 0.25) is 5.91 Å². The van der Waals surface area contributed by atoms with Gasteiger partial charge in [0, 0.05) is 43.4 Å². The van der Waals surface area contributed by atoms with Crippen molar-refractivity contribution in [1.82, 2.24) is 14.4 Å². The van der Waals surface area contributed by atoms with Gasteiger partial charge in [0.25, 0.3) is 5.56 Å². The molecule has 8 heteroatoms. The molecule has 1 aromatic heterocycles. The highest BCUT2D eigenvalue weighted by molar-refractivity contribution is 8.00. The van der Waals surface area contributed by atoms with Crippen LogP contribution in [-0.4, -0.2) is 70.0 Å². The summed E-state index contributed by atoms with van der Waals surface area (Å²) in [7, 11) is 4.04. The summed E-state index contributed by atoms with van der Waals surface area (Å²) in [6.07, 6.45) is 0.974. The molecule has 0 radical (unpaired) electrons. The number of thioether (sulfide) groups is 1. The molecule has 1 aromatic carbocycles. The van der Waals surface area contributed by atoms with Gasteiger partial charge in [-0.25, -0.2) is 0 Å². The zero-order valence-corrected chi connectivity index (χ0v) is 19.3. The molecule has 2 bridgehead atoms. The zero-order chi connectivity index (χ0) is 22.8. The second kappa shape index (κ2) is 9.50. The van der Waals surface area contributed by atoms with Crippen LogP contribution in [0.25, 0.3) is 11.1 Å². The minimum Gasteiger partial charge on any atom is -0.481 e. The Morgan fingerprint density at radius 1 is 1.06 bits per heavy atom. The molecule has 2 aliphatic heterocycles. The molecular formula is C24H29N3O4S. The molecule has 1 fully saturated rings. The highest BCUT2D eigenvalue weighted by atomic mass is 32.2. The second-order valence-electron chi connectivity index (χ2n) is 8.97. The molecule has 4 rings (SSSR count). The maximum atomic E-state index is 13.5. The lowest BCUT2D eigenvalue weighted by Crippen LogP contribution is -2.49. The first-order valence-corrected chi connectivity index (χ1v) is 12.0. The van der Waals surface area contributed by atoms with E-state index in [4.69, 9.17) is 5.11 Å². The standard InChI is InChI=1S/C24H29N3O4S/c1-25(2)12-17-5-3-4-6-19(17)20-7-8-21-18-9-16(11-27(21)24(20)31)10-26(13-18)22(28)14-32-15-23(29)30/h3-8,16,18H,9-15H2,1-2H3,(H,29,30). The van der Waals surface area contributed by atoms with Crippen LogP contribution in [0.5, 0.6) is 0 Å². The predicted octanol–water partition coefficient (Wildman–Crippen LogP) is 2.34. The van der Waals surface area contributed by atoms with Gasteiger partial charge in [0.15, 0.2) is 0 Å². The van der Waals surface area contributed by atoms with Crippen LogP contribution in [0.4, 0.5) is 0 Å². The molecule has 32 heavy (non-hydrogen) atoms. The monoisotopic (exact) mass is 455 g/mol. The molecule has 7 nitrogen and oxygen atoms in total. The number of fused-ring (bicyclic) bond motifs is 4. The number of benzene rings is 1. The first-order chi connectivity index (χ1) is 15.3. The molecule has 0 saturated carbocycles. The largest absolute Gasteiger partial charge is 0.481 e. The van der Waals surface area contributed by atoms with E-state index in [9.17, 15) is 14.4 Å². The van der Waals surface area contributed by atoms with E-state index in [1.807, 2.05) is 47.8 Å². The minimum atomic E-state index is -0.908. The number of piperidine rings is 1. The molecule has 1 saturated heterocycles. The van der Waals surface area contributed by atoms with Gasteiger partial charge >= 0.3 is 5.97 Å². The van der Waals surface area contributed by atoms with E-state index >= 15 is 0 Å². The highest BCUT2D eigenvalue weighted by Gasteiger charge is 2.36. The molecular weight excluding hydrogens is 426 g/mol. The van der Waals surface area contributed by atoms with Crippen molar-refractivity contribution in [3.8, 4) is 11.1 Å². The Bertz CT molecular complexity index is 1080. The molecule has 1 N–H and O–H groups in total. The number of carbonyl (C=O) groups excluding carboxylic acids is 1. The smallest absolute Gasteiger partial charge is 0.313 e. The molecule has 2 aromatic rings. The van der Waals surface area contributed by atoms with Crippen molar-refractivity contribution in [3.63, 3.8) is 0 Å². The van der Waals surface area contributed by atoms with Gasteiger partial charge in [-0.05, 0) is 49.7 Å². The average molecular weight is 456 g/mol. The van der Waals surface area contributed by atoms with E-state index in [1.54, 1.807) is 0 Å². The van der Waals surface area contributed by atoms with Gasteiger partial charge in [-0.2, -0.15) is 0 Å². The number of carboxylic acids is 1. The number of carboxylic acid groups (broad SMARTS) is 1. The van der Waals surface area contributed by atoms with E-state index in [-0.39, 0.29) is 34.8 Å². The molecule has 2 aliphatic rings. The van der Waals surface area contributed by atoms with Crippen LogP contribution in [0.15, 0.2) is 41.2 Å². The van der Waals surface area contributed by atoms with Gasteiger partial charge in [-0.15, -0.1) is 11.8 Å². The zero-order valence-electron chi connectivity index (χ0n) is 18.5. The summed E-state index contributed by atoms with van der Waals surface area (Å²) < 4.78 is 1.92. The maximum absolute atomic E-state index is 13.5. The third-order valence-electron chi connectivity index (χ3n) is 6.20. The molecule has 2 atom stereocenters. The van der Waals surface area contributed by atoms with Crippen molar-refractivity contribution in [2.24, 2.45) is 5.92 Å². The maximum Gasteiger partial charge on any atom is 0.313 e. The Balaban J connectivity index is 1.58. The number of carbonyl (C=O) groups is 2. The summed E-state index contributed by atoms with van der Waals surface area (Å²) in [5, 5.41) is 8.79. The van der Waals surface area contributed by atoms with Crippen LogP contribution in [-0.2, 0) is 22.7 Å².